The van der Waals surface area contributed by atoms with Crippen LogP contribution in [0, 0.1) is 5.41 Å². The van der Waals surface area contributed by atoms with Gasteiger partial charge in [0.1, 0.15) is 5.69 Å². The molecule has 0 bridgehead atoms. The maximum atomic E-state index is 13.3. The SMILES string of the molecule is CC(C)(C)[C@@H](CNS(C)(=O)=O)NC(=O)n1c2c(n(CCN3CCOCC3)c1=O)C(=O)CC=C2. The summed E-state index contributed by atoms with van der Waals surface area (Å²) in [4.78, 5) is 41.3. The summed E-state index contributed by atoms with van der Waals surface area (Å²) in [6, 6.07) is -1.29. The van der Waals surface area contributed by atoms with Gasteiger partial charge in [0.15, 0.2) is 5.78 Å². The number of amides is 1. The van der Waals surface area contributed by atoms with Gasteiger partial charge in [-0.25, -0.2) is 27.3 Å². The van der Waals surface area contributed by atoms with Crippen molar-refractivity contribution >= 4 is 27.9 Å². The summed E-state index contributed by atoms with van der Waals surface area (Å²) in [5, 5.41) is 2.78. The van der Waals surface area contributed by atoms with E-state index in [1.54, 1.807) is 12.2 Å². The average molecular weight is 484 g/mol. The lowest BCUT2D eigenvalue weighted by Crippen LogP contribution is -2.53. The predicted molar refractivity (Wildman–Crippen MR) is 124 cm³/mol. The highest BCUT2D eigenvalue weighted by Crippen LogP contribution is 2.21. The van der Waals surface area contributed by atoms with Crippen LogP contribution in [0.3, 0.4) is 0 Å². The number of aromatic nitrogens is 2. The van der Waals surface area contributed by atoms with Gasteiger partial charge in [-0.05, 0) is 11.5 Å². The Morgan fingerprint density at radius 3 is 2.45 bits per heavy atom. The number of rotatable bonds is 7. The first-order chi connectivity index (χ1) is 15.4. The van der Waals surface area contributed by atoms with Crippen LogP contribution in [-0.2, 0) is 21.3 Å². The lowest BCUT2D eigenvalue weighted by atomic mass is 9.87. The molecule has 1 aromatic rings. The van der Waals surface area contributed by atoms with Crippen LogP contribution in [0.25, 0.3) is 6.08 Å². The summed E-state index contributed by atoms with van der Waals surface area (Å²) in [6.45, 7) is 9.10. The Morgan fingerprint density at radius 2 is 1.85 bits per heavy atom. The number of carbonyl (C=O) groups excluding carboxylic acids is 2. The summed E-state index contributed by atoms with van der Waals surface area (Å²) in [6.07, 6.45) is 4.45. The van der Waals surface area contributed by atoms with Gasteiger partial charge in [0.2, 0.25) is 10.0 Å². The number of allylic oxidation sites excluding steroid dienone is 1. The molecule has 11 nitrogen and oxygen atoms in total. The number of ether oxygens (including phenoxy) is 1. The molecule has 2 N–H and O–H groups in total. The minimum absolute atomic E-state index is 0.0302. The Hall–Kier alpha value is -2.28. The molecule has 0 spiro atoms. The highest BCUT2D eigenvalue weighted by molar-refractivity contribution is 7.88. The highest BCUT2D eigenvalue weighted by Gasteiger charge is 2.32. The Balaban J connectivity index is 1.90. The van der Waals surface area contributed by atoms with Gasteiger partial charge in [-0.1, -0.05) is 26.8 Å². The van der Waals surface area contributed by atoms with Crippen LogP contribution in [0.2, 0.25) is 0 Å². The van der Waals surface area contributed by atoms with E-state index in [-0.39, 0.29) is 36.7 Å². The zero-order valence-electron chi connectivity index (χ0n) is 19.6. The third-order valence-electron chi connectivity index (χ3n) is 5.86. The van der Waals surface area contributed by atoms with Crippen LogP contribution in [0.4, 0.5) is 4.79 Å². The zero-order valence-corrected chi connectivity index (χ0v) is 20.4. The quantitative estimate of drug-likeness (QED) is 0.562. The van der Waals surface area contributed by atoms with Crippen molar-refractivity contribution in [2.45, 2.75) is 39.8 Å². The molecule has 3 rings (SSSR count). The molecule has 1 atom stereocenters. The molecule has 1 fully saturated rings. The monoisotopic (exact) mass is 483 g/mol. The first-order valence-corrected chi connectivity index (χ1v) is 12.9. The van der Waals surface area contributed by atoms with E-state index in [0.717, 1.165) is 23.9 Å². The Morgan fingerprint density at radius 1 is 1.18 bits per heavy atom. The lowest BCUT2D eigenvalue weighted by Gasteiger charge is -2.31. The maximum Gasteiger partial charge on any atom is 0.337 e. The highest BCUT2D eigenvalue weighted by atomic mass is 32.2. The molecule has 0 unspecified atom stereocenters. The Labute approximate surface area is 193 Å². The molecule has 2 aliphatic rings. The molecule has 184 valence electrons. The van der Waals surface area contributed by atoms with Gasteiger partial charge in [0, 0.05) is 45.2 Å². The third-order valence-corrected chi connectivity index (χ3v) is 6.55. The number of ketones is 1. The maximum absolute atomic E-state index is 13.3. The molecule has 0 saturated carbocycles. The van der Waals surface area contributed by atoms with Crippen LogP contribution in [-0.4, -0.2) is 86.0 Å². The van der Waals surface area contributed by atoms with Crippen LogP contribution >= 0.6 is 0 Å². The molecule has 1 aliphatic carbocycles. The van der Waals surface area contributed by atoms with Crippen molar-refractivity contribution in [3.63, 3.8) is 0 Å². The average Bonchev–Trinajstić information content (AvgIpc) is 3.01. The van der Waals surface area contributed by atoms with Gasteiger partial charge in [-0.3, -0.25) is 14.3 Å². The number of carbonyl (C=O) groups is 2. The molecule has 1 aromatic heterocycles. The molecular formula is C21H33N5O6S. The summed E-state index contributed by atoms with van der Waals surface area (Å²) in [7, 11) is -3.47. The van der Waals surface area contributed by atoms with E-state index in [4.69, 9.17) is 4.74 Å². The van der Waals surface area contributed by atoms with E-state index >= 15 is 0 Å². The fraction of sp³-hybridized carbons (Fsp3) is 0.667. The zero-order chi connectivity index (χ0) is 24.4. The van der Waals surface area contributed by atoms with Gasteiger partial charge in [0.05, 0.1) is 25.2 Å². The molecule has 0 radical (unpaired) electrons. The van der Waals surface area contributed by atoms with Gasteiger partial charge in [-0.15, -0.1) is 0 Å². The normalized spacial score (nSPS) is 18.2. The first-order valence-electron chi connectivity index (χ1n) is 11.0. The van der Waals surface area contributed by atoms with E-state index in [1.807, 2.05) is 20.8 Å². The van der Waals surface area contributed by atoms with E-state index < -0.39 is 33.2 Å². The van der Waals surface area contributed by atoms with Crippen LogP contribution < -0.4 is 15.7 Å². The smallest absolute Gasteiger partial charge is 0.337 e. The second-order valence-electron chi connectivity index (χ2n) is 9.48. The van der Waals surface area contributed by atoms with Crippen molar-refractivity contribution in [3.05, 3.63) is 27.9 Å². The van der Waals surface area contributed by atoms with Crippen molar-refractivity contribution in [3.8, 4) is 0 Å². The molecule has 1 saturated heterocycles. The van der Waals surface area contributed by atoms with E-state index in [1.165, 1.54) is 4.57 Å². The minimum Gasteiger partial charge on any atom is -0.379 e. The van der Waals surface area contributed by atoms with Crippen molar-refractivity contribution < 1.29 is 22.7 Å². The summed E-state index contributed by atoms with van der Waals surface area (Å²) < 4.78 is 33.2. The topological polar surface area (TPSA) is 132 Å². The number of nitrogens with one attached hydrogen (secondary N) is 2. The molecule has 33 heavy (non-hydrogen) atoms. The second kappa shape index (κ2) is 9.92. The van der Waals surface area contributed by atoms with E-state index in [0.29, 0.717) is 19.8 Å². The van der Waals surface area contributed by atoms with Gasteiger partial charge in [0.25, 0.3) is 0 Å². The third kappa shape index (κ3) is 6.19. The first kappa shape index (κ1) is 25.3. The molecule has 2 heterocycles. The molecule has 1 amide bonds. The number of sulfonamides is 1. The van der Waals surface area contributed by atoms with Crippen molar-refractivity contribution in [2.24, 2.45) is 5.41 Å². The molecule has 0 aromatic carbocycles. The van der Waals surface area contributed by atoms with Crippen LogP contribution in [0.1, 0.15) is 43.4 Å². The number of Topliss-reactive ketones (excluding diaryl/α,β-unsaturated/α-hetero) is 1. The molecule has 1 aliphatic heterocycles. The van der Waals surface area contributed by atoms with Gasteiger partial charge < -0.3 is 10.1 Å². The van der Waals surface area contributed by atoms with Crippen molar-refractivity contribution in [1.29, 1.82) is 0 Å². The number of nitrogens with zero attached hydrogens (tertiary/aromatic N) is 3. The number of hydrogen-bond donors (Lipinski definition) is 2. The van der Waals surface area contributed by atoms with Gasteiger partial charge in [-0.2, -0.15) is 0 Å². The number of hydrogen-bond acceptors (Lipinski definition) is 7. The molecular weight excluding hydrogens is 450 g/mol. The Bertz CT molecular complexity index is 1090. The van der Waals surface area contributed by atoms with E-state index in [2.05, 4.69) is 14.9 Å². The lowest BCUT2D eigenvalue weighted by molar-refractivity contribution is 0.0361. The summed E-state index contributed by atoms with van der Waals surface area (Å²) in [5.41, 5.74) is -0.608. The fourth-order valence-corrected chi connectivity index (χ4v) is 4.35. The number of imidazole rings is 1. The number of morpholine rings is 1. The van der Waals surface area contributed by atoms with Gasteiger partial charge >= 0.3 is 11.7 Å². The van der Waals surface area contributed by atoms with Crippen LogP contribution in [0.5, 0.6) is 0 Å². The number of fused-ring (bicyclic) bond motifs is 1. The van der Waals surface area contributed by atoms with Crippen molar-refractivity contribution in [1.82, 2.24) is 24.1 Å². The summed E-state index contributed by atoms with van der Waals surface area (Å²) in [5.74, 6) is -0.218. The standard InChI is InChI=1S/C21H33N5O6S/c1-21(2,3)17(14-22-33(4,30)31)23-19(28)26-15-6-5-7-16(27)18(15)25(20(26)29)9-8-24-10-12-32-13-11-24/h5-6,17,22H,7-14H2,1-4H3,(H,23,28)/t17-/m1/s1. The molecule has 12 heteroatoms. The minimum atomic E-state index is -3.47. The second-order valence-corrected chi connectivity index (χ2v) is 11.3. The fourth-order valence-electron chi connectivity index (χ4n) is 3.88. The van der Waals surface area contributed by atoms with Crippen LogP contribution in [0.15, 0.2) is 10.9 Å². The summed E-state index contributed by atoms with van der Waals surface area (Å²) >= 11 is 0. The van der Waals surface area contributed by atoms with Crippen molar-refractivity contribution in [2.75, 3.05) is 45.6 Å². The largest absolute Gasteiger partial charge is 0.379 e. The Kier molecular flexibility index (Phi) is 7.62. The van der Waals surface area contributed by atoms with E-state index in [9.17, 15) is 22.8 Å². The predicted octanol–water partition coefficient (Wildman–Crippen LogP) is 0.103.